The van der Waals surface area contributed by atoms with E-state index < -0.39 is 11.5 Å². The van der Waals surface area contributed by atoms with Gasteiger partial charge in [0.25, 0.3) is 5.91 Å². The van der Waals surface area contributed by atoms with Gasteiger partial charge in [0.15, 0.2) is 6.19 Å². The van der Waals surface area contributed by atoms with Crippen LogP contribution in [0.2, 0.25) is 0 Å². The smallest absolute Gasteiger partial charge is 0.267 e. The van der Waals surface area contributed by atoms with Crippen LogP contribution in [0.5, 0.6) is 0 Å². The van der Waals surface area contributed by atoms with E-state index in [4.69, 9.17) is 5.26 Å². The van der Waals surface area contributed by atoms with Crippen molar-refractivity contribution >= 4 is 17.7 Å². The number of nitriles is 1. The third-order valence-corrected chi connectivity index (χ3v) is 6.76. The zero-order chi connectivity index (χ0) is 17.9. The normalized spacial score (nSPS) is 35.8. The fourth-order valence-corrected chi connectivity index (χ4v) is 6.03. The highest BCUT2D eigenvalue weighted by Gasteiger charge is 2.54. The van der Waals surface area contributed by atoms with Crippen LogP contribution in [0.25, 0.3) is 6.08 Å². The molecule has 4 fully saturated rings. The maximum Gasteiger partial charge on any atom is 0.267 e. The molecule has 6 heteroatoms. The Hall–Kier alpha value is -2.39. The first-order valence-electron chi connectivity index (χ1n) is 9.43. The van der Waals surface area contributed by atoms with E-state index in [0.717, 1.165) is 55.5 Å². The molecule has 0 aromatic carbocycles. The van der Waals surface area contributed by atoms with Gasteiger partial charge in [-0.1, -0.05) is 12.2 Å². The number of allylic oxidation sites excluding steroid dienone is 1. The van der Waals surface area contributed by atoms with Crippen LogP contribution < -0.4 is 10.6 Å². The fraction of sp³-hybridized carbons (Fsp3) is 0.550. The topological polar surface area (TPSA) is 98.0 Å². The van der Waals surface area contributed by atoms with Gasteiger partial charge in [-0.15, -0.1) is 0 Å². The summed E-state index contributed by atoms with van der Waals surface area (Å²) < 4.78 is 0. The van der Waals surface area contributed by atoms with Gasteiger partial charge in [0.05, 0.1) is 22.5 Å². The Bertz CT molecular complexity index is 840. The predicted octanol–water partition coefficient (Wildman–Crippen LogP) is 2.21. The average molecular weight is 350 g/mol. The Morgan fingerprint density at radius 2 is 2.08 bits per heavy atom. The van der Waals surface area contributed by atoms with Crippen molar-refractivity contribution in [1.82, 2.24) is 10.3 Å². The van der Waals surface area contributed by atoms with Gasteiger partial charge in [-0.25, -0.2) is 0 Å². The van der Waals surface area contributed by atoms with E-state index >= 15 is 0 Å². The SMILES string of the molecule is N#CNC(=O)c1cnc2c(c1NC1[C@@H]3CC4C[C@H]1CC(O)(C4)C3)C=CC2. The molecule has 0 spiro atoms. The minimum absolute atomic E-state index is 0.265. The van der Waals surface area contributed by atoms with Crippen LogP contribution in [0.3, 0.4) is 0 Å². The number of fused-ring (bicyclic) bond motifs is 1. The van der Waals surface area contributed by atoms with Gasteiger partial charge in [0, 0.05) is 24.2 Å². The van der Waals surface area contributed by atoms with Crippen LogP contribution in [0.1, 0.15) is 53.7 Å². The van der Waals surface area contributed by atoms with Crippen LogP contribution >= 0.6 is 0 Å². The summed E-state index contributed by atoms with van der Waals surface area (Å²) in [7, 11) is 0. The quantitative estimate of drug-likeness (QED) is 0.573. The molecule has 1 heterocycles. The second kappa shape index (κ2) is 5.55. The molecule has 1 aromatic rings. The van der Waals surface area contributed by atoms with E-state index in [2.05, 4.69) is 21.7 Å². The van der Waals surface area contributed by atoms with E-state index in [-0.39, 0.29) is 6.04 Å². The van der Waals surface area contributed by atoms with Gasteiger partial charge in [0.1, 0.15) is 0 Å². The van der Waals surface area contributed by atoms with Crippen LogP contribution in [-0.4, -0.2) is 27.6 Å². The highest BCUT2D eigenvalue weighted by atomic mass is 16.3. The number of pyridine rings is 1. The molecular weight excluding hydrogens is 328 g/mol. The number of hydrogen-bond donors (Lipinski definition) is 3. The number of rotatable bonds is 3. The van der Waals surface area contributed by atoms with Crippen molar-refractivity contribution in [3.63, 3.8) is 0 Å². The lowest BCUT2D eigenvalue weighted by Crippen LogP contribution is -2.59. The van der Waals surface area contributed by atoms with Crippen molar-refractivity contribution in [3.05, 3.63) is 29.1 Å². The Labute approximate surface area is 152 Å². The zero-order valence-electron chi connectivity index (χ0n) is 14.5. The largest absolute Gasteiger partial charge is 0.390 e. The van der Waals surface area contributed by atoms with Crippen molar-refractivity contribution in [1.29, 1.82) is 5.26 Å². The number of amides is 1. The molecule has 134 valence electrons. The molecule has 1 aromatic heterocycles. The molecule has 5 aliphatic rings. The Morgan fingerprint density at radius 3 is 2.77 bits per heavy atom. The third kappa shape index (κ3) is 2.34. The molecule has 0 saturated heterocycles. The summed E-state index contributed by atoms with van der Waals surface area (Å²) in [5, 5.41) is 25.5. The number of anilines is 1. The molecule has 5 atom stereocenters. The molecule has 26 heavy (non-hydrogen) atoms. The number of nitrogens with zero attached hydrogens (tertiary/aromatic N) is 2. The Kier molecular flexibility index (Phi) is 3.38. The number of carbonyl (C=O) groups excluding carboxylic acids is 1. The van der Waals surface area contributed by atoms with Crippen molar-refractivity contribution in [2.75, 3.05) is 5.32 Å². The summed E-state index contributed by atoms with van der Waals surface area (Å²) >= 11 is 0. The molecule has 3 N–H and O–H groups in total. The number of aliphatic hydroxyl groups is 1. The zero-order valence-corrected chi connectivity index (χ0v) is 14.5. The monoisotopic (exact) mass is 350 g/mol. The van der Waals surface area contributed by atoms with Gasteiger partial charge in [-0.05, 0) is 49.9 Å². The van der Waals surface area contributed by atoms with Gasteiger partial charge >= 0.3 is 0 Å². The van der Waals surface area contributed by atoms with E-state index in [0.29, 0.717) is 23.3 Å². The molecule has 3 unspecified atom stereocenters. The highest BCUT2D eigenvalue weighted by molar-refractivity contribution is 6.02. The minimum Gasteiger partial charge on any atom is -0.390 e. The molecule has 1 amide bonds. The van der Waals surface area contributed by atoms with E-state index in [1.54, 1.807) is 12.4 Å². The number of carbonyl (C=O) groups is 1. The summed E-state index contributed by atoms with van der Waals surface area (Å²) in [4.78, 5) is 16.8. The Balaban J connectivity index is 1.51. The summed E-state index contributed by atoms with van der Waals surface area (Å²) in [6.07, 6.45) is 13.1. The van der Waals surface area contributed by atoms with E-state index in [1.165, 1.54) is 0 Å². The van der Waals surface area contributed by atoms with Crippen molar-refractivity contribution in [2.24, 2.45) is 17.8 Å². The lowest BCUT2D eigenvalue weighted by atomic mass is 9.52. The second-order valence-corrected chi connectivity index (χ2v) is 8.44. The number of aromatic nitrogens is 1. The molecule has 4 bridgehead atoms. The van der Waals surface area contributed by atoms with E-state index in [9.17, 15) is 9.90 Å². The molecular formula is C20H22N4O2. The first-order valence-corrected chi connectivity index (χ1v) is 9.43. The average Bonchev–Trinajstić information content (AvgIpc) is 3.05. The lowest BCUT2D eigenvalue weighted by molar-refractivity contribution is -0.129. The molecule has 6 nitrogen and oxygen atoms in total. The van der Waals surface area contributed by atoms with Crippen LogP contribution in [0.4, 0.5) is 5.69 Å². The first kappa shape index (κ1) is 15.8. The van der Waals surface area contributed by atoms with Crippen LogP contribution in [-0.2, 0) is 6.42 Å². The summed E-state index contributed by atoms with van der Waals surface area (Å²) in [5.41, 5.74) is 2.66. The number of hydrogen-bond acceptors (Lipinski definition) is 5. The van der Waals surface area contributed by atoms with E-state index in [1.807, 2.05) is 6.08 Å². The van der Waals surface area contributed by atoms with Crippen molar-refractivity contribution in [2.45, 2.75) is 50.2 Å². The summed E-state index contributed by atoms with van der Waals surface area (Å²) in [5.74, 6) is 1.09. The standard InChI is InChI=1S/C20H22N4O2/c21-10-23-19(25)15-9-22-16-3-1-2-14(16)18(15)24-17-12-4-11-5-13(17)8-20(26,6-11)7-12/h1-2,9,11-13,17,26H,3-8H2,(H,22,24)(H,23,25)/t11?,12-,13+,17?,20?. The van der Waals surface area contributed by atoms with Gasteiger partial charge in [-0.3, -0.25) is 15.1 Å². The van der Waals surface area contributed by atoms with Crippen molar-refractivity contribution < 1.29 is 9.90 Å². The molecule has 0 aliphatic heterocycles. The highest BCUT2D eigenvalue weighted by Crippen LogP contribution is 2.56. The molecule has 5 aliphatic carbocycles. The van der Waals surface area contributed by atoms with Crippen molar-refractivity contribution in [3.8, 4) is 6.19 Å². The van der Waals surface area contributed by atoms with Gasteiger partial charge < -0.3 is 10.4 Å². The molecule has 4 saturated carbocycles. The van der Waals surface area contributed by atoms with Crippen LogP contribution in [0.15, 0.2) is 12.3 Å². The maximum atomic E-state index is 12.4. The number of nitrogens with one attached hydrogen (secondary N) is 2. The van der Waals surface area contributed by atoms with Gasteiger partial charge in [-0.2, -0.15) is 5.26 Å². The van der Waals surface area contributed by atoms with Crippen LogP contribution in [0, 0.1) is 29.2 Å². The predicted molar refractivity (Wildman–Crippen MR) is 96.0 cm³/mol. The second-order valence-electron chi connectivity index (χ2n) is 8.44. The third-order valence-electron chi connectivity index (χ3n) is 6.76. The minimum atomic E-state index is -0.476. The summed E-state index contributed by atoms with van der Waals surface area (Å²) in [6.45, 7) is 0. The molecule has 0 radical (unpaired) electrons. The van der Waals surface area contributed by atoms with Gasteiger partial charge in [0.2, 0.25) is 0 Å². The first-order chi connectivity index (χ1) is 12.6. The molecule has 6 rings (SSSR count). The fourth-order valence-electron chi connectivity index (χ4n) is 6.03. The maximum absolute atomic E-state index is 12.4. The summed E-state index contributed by atoms with van der Waals surface area (Å²) in [6, 6.07) is 0.265. The Morgan fingerprint density at radius 1 is 1.31 bits per heavy atom. The lowest BCUT2D eigenvalue weighted by Gasteiger charge is -2.58.